The zero-order valence-electron chi connectivity index (χ0n) is 15.4. The van der Waals surface area contributed by atoms with Gasteiger partial charge >= 0.3 is 0 Å². The SMILES string of the molecule is O=C(CN(Cc1ccc(Cl)cc1)C1CC1)NC(c1ccccc1)c1nccs1. The fourth-order valence-corrected chi connectivity index (χ4v) is 4.12. The van der Waals surface area contributed by atoms with Crippen molar-refractivity contribution in [2.24, 2.45) is 0 Å². The number of nitrogens with one attached hydrogen (secondary N) is 1. The second kappa shape index (κ2) is 8.86. The standard InChI is InChI=1S/C22H22ClN3OS/c23-18-8-6-16(7-9-18)14-26(19-10-11-19)15-20(27)25-21(22-24-12-13-28-22)17-4-2-1-3-5-17/h1-9,12-13,19,21H,10-11,14-15H2,(H,25,27). The van der Waals surface area contributed by atoms with Crippen molar-refractivity contribution in [1.29, 1.82) is 0 Å². The molecule has 4 rings (SSSR count). The van der Waals surface area contributed by atoms with Gasteiger partial charge in [-0.3, -0.25) is 9.69 Å². The number of nitrogens with zero attached hydrogens (tertiary/aromatic N) is 2. The number of halogens is 1. The van der Waals surface area contributed by atoms with Gasteiger partial charge in [0.15, 0.2) is 0 Å². The second-order valence-electron chi connectivity index (χ2n) is 7.04. The number of carbonyl (C=O) groups excluding carboxylic acids is 1. The number of carbonyl (C=O) groups is 1. The van der Waals surface area contributed by atoms with Crippen LogP contribution in [0.2, 0.25) is 5.02 Å². The molecule has 0 spiro atoms. The van der Waals surface area contributed by atoms with Gasteiger partial charge in [0.2, 0.25) is 5.91 Å². The fourth-order valence-electron chi connectivity index (χ4n) is 3.28. The normalized spacial score (nSPS) is 14.8. The van der Waals surface area contributed by atoms with Crippen molar-refractivity contribution in [2.45, 2.75) is 31.5 Å². The van der Waals surface area contributed by atoms with Crippen LogP contribution in [-0.4, -0.2) is 28.4 Å². The number of benzene rings is 2. The molecule has 0 aliphatic heterocycles. The summed E-state index contributed by atoms with van der Waals surface area (Å²) in [6, 6.07) is 18.1. The molecule has 1 aliphatic carbocycles. The summed E-state index contributed by atoms with van der Waals surface area (Å²) in [6.45, 7) is 1.13. The fraction of sp³-hybridized carbons (Fsp3) is 0.273. The highest BCUT2D eigenvalue weighted by Crippen LogP contribution is 2.29. The van der Waals surface area contributed by atoms with Crippen LogP contribution < -0.4 is 5.32 Å². The Kier molecular flexibility index (Phi) is 6.05. The molecule has 1 amide bonds. The second-order valence-corrected chi connectivity index (χ2v) is 8.41. The van der Waals surface area contributed by atoms with E-state index in [1.807, 2.05) is 60.0 Å². The van der Waals surface area contributed by atoms with Gasteiger partial charge in [0.1, 0.15) is 11.0 Å². The van der Waals surface area contributed by atoms with Crippen LogP contribution in [0.4, 0.5) is 0 Å². The van der Waals surface area contributed by atoms with Crippen molar-refractivity contribution < 1.29 is 4.79 Å². The van der Waals surface area contributed by atoms with Gasteiger partial charge in [-0.05, 0) is 36.1 Å². The molecule has 28 heavy (non-hydrogen) atoms. The first kappa shape index (κ1) is 19.1. The van der Waals surface area contributed by atoms with Crippen molar-refractivity contribution in [3.05, 3.63) is 87.3 Å². The van der Waals surface area contributed by atoms with E-state index in [1.54, 1.807) is 17.5 Å². The lowest BCUT2D eigenvalue weighted by atomic mass is 10.1. The number of aromatic nitrogens is 1. The van der Waals surface area contributed by atoms with Crippen LogP contribution in [0.3, 0.4) is 0 Å². The first-order valence-corrected chi connectivity index (χ1v) is 10.7. The predicted octanol–water partition coefficient (Wildman–Crippen LogP) is 4.67. The molecule has 1 saturated carbocycles. The maximum atomic E-state index is 12.9. The molecular formula is C22H22ClN3OS. The van der Waals surface area contributed by atoms with Crippen LogP contribution in [-0.2, 0) is 11.3 Å². The number of amides is 1. The van der Waals surface area contributed by atoms with E-state index >= 15 is 0 Å². The molecule has 1 aliphatic rings. The van der Waals surface area contributed by atoms with E-state index in [1.165, 1.54) is 5.56 Å². The number of rotatable bonds is 8. The van der Waals surface area contributed by atoms with E-state index in [-0.39, 0.29) is 11.9 Å². The Balaban J connectivity index is 1.45. The molecule has 6 heteroatoms. The maximum absolute atomic E-state index is 12.9. The minimum Gasteiger partial charge on any atom is -0.342 e. The predicted molar refractivity (Wildman–Crippen MR) is 113 cm³/mol. The van der Waals surface area contributed by atoms with Crippen LogP contribution in [0.5, 0.6) is 0 Å². The number of thiazole rings is 1. The maximum Gasteiger partial charge on any atom is 0.235 e. The van der Waals surface area contributed by atoms with Crippen LogP contribution in [0.15, 0.2) is 66.2 Å². The summed E-state index contributed by atoms with van der Waals surface area (Å²) in [5.74, 6) is 0.0184. The minimum absolute atomic E-state index is 0.0184. The molecular weight excluding hydrogens is 390 g/mol. The zero-order valence-corrected chi connectivity index (χ0v) is 17.0. The first-order valence-electron chi connectivity index (χ1n) is 9.41. The molecule has 1 aromatic heterocycles. The molecule has 1 fully saturated rings. The third-order valence-electron chi connectivity index (χ3n) is 4.85. The summed E-state index contributed by atoms with van der Waals surface area (Å²) in [5, 5.41) is 6.76. The van der Waals surface area contributed by atoms with Crippen LogP contribution in [0.1, 0.15) is 35.0 Å². The highest BCUT2D eigenvalue weighted by Gasteiger charge is 2.31. The molecule has 4 nitrogen and oxygen atoms in total. The highest BCUT2D eigenvalue weighted by molar-refractivity contribution is 7.09. The largest absolute Gasteiger partial charge is 0.342 e. The molecule has 0 saturated heterocycles. The van der Waals surface area contributed by atoms with Gasteiger partial charge in [-0.15, -0.1) is 11.3 Å². The summed E-state index contributed by atoms with van der Waals surface area (Å²) in [6.07, 6.45) is 4.07. The molecule has 0 radical (unpaired) electrons. The lowest BCUT2D eigenvalue weighted by Gasteiger charge is -2.24. The van der Waals surface area contributed by atoms with E-state index in [0.717, 1.165) is 35.0 Å². The third kappa shape index (κ3) is 4.98. The highest BCUT2D eigenvalue weighted by atomic mass is 35.5. The molecule has 2 aromatic carbocycles. The summed E-state index contributed by atoms with van der Waals surface area (Å²) in [7, 11) is 0. The smallest absolute Gasteiger partial charge is 0.235 e. The third-order valence-corrected chi connectivity index (χ3v) is 5.94. The quantitative estimate of drug-likeness (QED) is 0.586. The first-order chi connectivity index (χ1) is 13.7. The molecule has 1 N–H and O–H groups in total. The Hall–Kier alpha value is -2.21. The summed E-state index contributed by atoms with van der Waals surface area (Å²) in [5.41, 5.74) is 2.21. The number of hydrogen-bond acceptors (Lipinski definition) is 4. The van der Waals surface area contributed by atoms with E-state index in [9.17, 15) is 4.79 Å². The van der Waals surface area contributed by atoms with Gasteiger partial charge < -0.3 is 5.32 Å². The van der Waals surface area contributed by atoms with Crippen LogP contribution in [0, 0.1) is 0 Å². The Morgan fingerprint density at radius 3 is 2.57 bits per heavy atom. The molecule has 144 valence electrons. The summed E-state index contributed by atoms with van der Waals surface area (Å²) >= 11 is 7.55. The average molecular weight is 412 g/mol. The van der Waals surface area contributed by atoms with E-state index in [2.05, 4.69) is 15.2 Å². The molecule has 0 bridgehead atoms. The van der Waals surface area contributed by atoms with Crippen LogP contribution >= 0.6 is 22.9 Å². The summed E-state index contributed by atoms with van der Waals surface area (Å²) < 4.78 is 0. The van der Waals surface area contributed by atoms with Gasteiger partial charge in [-0.2, -0.15) is 0 Å². The molecule has 3 aromatic rings. The lowest BCUT2D eigenvalue weighted by Crippen LogP contribution is -2.40. The van der Waals surface area contributed by atoms with Crippen molar-refractivity contribution in [2.75, 3.05) is 6.54 Å². The number of hydrogen-bond donors (Lipinski definition) is 1. The molecule has 1 unspecified atom stereocenters. The topological polar surface area (TPSA) is 45.2 Å². The Bertz CT molecular complexity index is 895. The van der Waals surface area contributed by atoms with E-state index in [0.29, 0.717) is 12.6 Å². The minimum atomic E-state index is -0.217. The Morgan fingerprint density at radius 2 is 1.93 bits per heavy atom. The lowest BCUT2D eigenvalue weighted by molar-refractivity contribution is -0.123. The van der Waals surface area contributed by atoms with Crippen molar-refractivity contribution in [3.63, 3.8) is 0 Å². The van der Waals surface area contributed by atoms with Gasteiger partial charge in [0, 0.05) is 29.2 Å². The van der Waals surface area contributed by atoms with E-state index in [4.69, 9.17) is 11.6 Å². The zero-order chi connectivity index (χ0) is 19.3. The van der Waals surface area contributed by atoms with Gasteiger partial charge in [-0.25, -0.2) is 4.98 Å². The summed E-state index contributed by atoms with van der Waals surface area (Å²) in [4.78, 5) is 19.6. The van der Waals surface area contributed by atoms with Gasteiger partial charge in [0.25, 0.3) is 0 Å². The Labute approximate surface area is 174 Å². The monoisotopic (exact) mass is 411 g/mol. The Morgan fingerprint density at radius 1 is 1.18 bits per heavy atom. The van der Waals surface area contributed by atoms with Crippen molar-refractivity contribution >= 4 is 28.8 Å². The van der Waals surface area contributed by atoms with Crippen molar-refractivity contribution in [3.8, 4) is 0 Å². The van der Waals surface area contributed by atoms with E-state index < -0.39 is 0 Å². The van der Waals surface area contributed by atoms with Crippen LogP contribution in [0.25, 0.3) is 0 Å². The molecule has 1 atom stereocenters. The average Bonchev–Trinajstić information content (AvgIpc) is 3.42. The van der Waals surface area contributed by atoms with Crippen molar-refractivity contribution in [1.82, 2.24) is 15.2 Å². The van der Waals surface area contributed by atoms with Gasteiger partial charge in [-0.1, -0.05) is 54.1 Å². The van der Waals surface area contributed by atoms with Gasteiger partial charge in [0.05, 0.1) is 6.54 Å². The molecule has 1 heterocycles.